The number of amides is 1. The van der Waals surface area contributed by atoms with Crippen LogP contribution in [-0.4, -0.2) is 23.2 Å². The highest BCUT2D eigenvalue weighted by Gasteiger charge is 2.23. The van der Waals surface area contributed by atoms with E-state index >= 15 is 0 Å². The molecule has 0 saturated carbocycles. The number of rotatable bonds is 6. The van der Waals surface area contributed by atoms with Gasteiger partial charge in [-0.15, -0.1) is 11.3 Å². The summed E-state index contributed by atoms with van der Waals surface area (Å²) in [7, 11) is 1.62. The zero-order chi connectivity index (χ0) is 20.4. The van der Waals surface area contributed by atoms with Gasteiger partial charge < -0.3 is 19.0 Å². The summed E-state index contributed by atoms with van der Waals surface area (Å²) >= 11 is 1.49. The van der Waals surface area contributed by atoms with E-state index in [0.29, 0.717) is 34.4 Å². The second-order valence-corrected chi connectivity index (χ2v) is 7.33. The molecule has 3 heterocycles. The molecule has 7 nitrogen and oxygen atoms in total. The number of nitrogens with one attached hydrogen (secondary N) is 1. The van der Waals surface area contributed by atoms with Crippen molar-refractivity contribution >= 4 is 17.2 Å². The van der Waals surface area contributed by atoms with Gasteiger partial charge in [0, 0.05) is 5.56 Å². The number of oxazole rings is 1. The fraction of sp³-hybridized carbons (Fsp3) is 0.190. The Balaban J connectivity index is 1.51. The lowest BCUT2D eigenvalue weighted by Crippen LogP contribution is -2.24. The predicted octanol–water partition coefficient (Wildman–Crippen LogP) is 4.61. The first-order valence-corrected chi connectivity index (χ1v) is 9.84. The SMILES string of the molecule is COc1ccc(-c2nc(CNC(=O)c3c(C)noc3-c3cccs3)c(C)o2)cc1. The van der Waals surface area contributed by atoms with Crippen molar-refractivity contribution in [2.45, 2.75) is 20.4 Å². The average molecular weight is 409 g/mol. The van der Waals surface area contributed by atoms with Crippen molar-refractivity contribution in [3.63, 3.8) is 0 Å². The van der Waals surface area contributed by atoms with E-state index in [-0.39, 0.29) is 12.5 Å². The summed E-state index contributed by atoms with van der Waals surface area (Å²) in [6.07, 6.45) is 0. The van der Waals surface area contributed by atoms with E-state index in [1.807, 2.05) is 48.7 Å². The number of aryl methyl sites for hydroxylation is 2. The minimum absolute atomic E-state index is 0.235. The van der Waals surface area contributed by atoms with Gasteiger partial charge in [-0.3, -0.25) is 4.79 Å². The third kappa shape index (κ3) is 3.79. The summed E-state index contributed by atoms with van der Waals surface area (Å²) in [5, 5.41) is 8.77. The minimum Gasteiger partial charge on any atom is -0.497 e. The number of methoxy groups -OCH3 is 1. The first-order chi connectivity index (χ1) is 14.1. The number of carbonyl (C=O) groups is 1. The molecule has 1 aromatic carbocycles. The highest BCUT2D eigenvalue weighted by atomic mass is 32.1. The van der Waals surface area contributed by atoms with Crippen molar-refractivity contribution in [3.8, 4) is 27.8 Å². The van der Waals surface area contributed by atoms with Gasteiger partial charge in [0.25, 0.3) is 5.91 Å². The number of ether oxygens (including phenoxy) is 1. The standard InChI is InChI=1S/C21H19N3O4S/c1-12-18(19(28-24-12)17-5-4-10-29-17)20(25)22-11-16-13(2)27-21(23-16)14-6-8-15(26-3)9-7-14/h4-10H,11H2,1-3H3,(H,22,25). The molecule has 0 saturated heterocycles. The maximum Gasteiger partial charge on any atom is 0.257 e. The van der Waals surface area contributed by atoms with Crippen LogP contribution in [0.2, 0.25) is 0 Å². The number of benzene rings is 1. The Labute approximate surface area is 171 Å². The highest BCUT2D eigenvalue weighted by molar-refractivity contribution is 7.13. The van der Waals surface area contributed by atoms with Crippen LogP contribution in [0.1, 0.15) is 27.5 Å². The topological polar surface area (TPSA) is 90.4 Å². The second kappa shape index (κ2) is 7.92. The number of aromatic nitrogens is 2. The van der Waals surface area contributed by atoms with Crippen molar-refractivity contribution in [3.05, 3.63) is 64.5 Å². The van der Waals surface area contributed by atoms with Gasteiger partial charge in [0.1, 0.15) is 22.8 Å². The van der Waals surface area contributed by atoms with Crippen molar-refractivity contribution in [1.82, 2.24) is 15.5 Å². The molecule has 0 atom stereocenters. The van der Waals surface area contributed by atoms with Crippen molar-refractivity contribution in [2.24, 2.45) is 0 Å². The van der Waals surface area contributed by atoms with Gasteiger partial charge in [-0.1, -0.05) is 11.2 Å². The maximum atomic E-state index is 12.8. The van der Waals surface area contributed by atoms with Gasteiger partial charge in [0.05, 0.1) is 24.2 Å². The van der Waals surface area contributed by atoms with Crippen LogP contribution in [0.25, 0.3) is 22.1 Å². The molecular formula is C21H19N3O4S. The summed E-state index contributed by atoms with van der Waals surface area (Å²) in [6, 6.07) is 11.2. The van der Waals surface area contributed by atoms with Gasteiger partial charge >= 0.3 is 0 Å². The Bertz CT molecular complexity index is 1130. The van der Waals surface area contributed by atoms with Gasteiger partial charge in [-0.2, -0.15) is 0 Å². The zero-order valence-electron chi connectivity index (χ0n) is 16.2. The van der Waals surface area contributed by atoms with Crippen molar-refractivity contribution < 1.29 is 18.5 Å². The number of hydrogen-bond donors (Lipinski definition) is 1. The normalized spacial score (nSPS) is 10.9. The minimum atomic E-state index is -0.263. The molecule has 0 bridgehead atoms. The first kappa shape index (κ1) is 18.9. The predicted molar refractivity (Wildman–Crippen MR) is 109 cm³/mol. The first-order valence-electron chi connectivity index (χ1n) is 8.96. The van der Waals surface area contributed by atoms with E-state index in [4.69, 9.17) is 13.7 Å². The van der Waals surface area contributed by atoms with E-state index < -0.39 is 0 Å². The fourth-order valence-corrected chi connectivity index (χ4v) is 3.62. The van der Waals surface area contributed by atoms with Crippen LogP contribution in [0.15, 0.2) is 50.7 Å². The van der Waals surface area contributed by atoms with Crippen LogP contribution < -0.4 is 10.1 Å². The number of thiophene rings is 1. The molecule has 0 aliphatic rings. The Morgan fingerprint density at radius 2 is 2.00 bits per heavy atom. The highest BCUT2D eigenvalue weighted by Crippen LogP contribution is 2.30. The van der Waals surface area contributed by atoms with E-state index in [1.54, 1.807) is 14.0 Å². The van der Waals surface area contributed by atoms with E-state index in [9.17, 15) is 4.79 Å². The third-order valence-electron chi connectivity index (χ3n) is 4.48. The molecule has 148 valence electrons. The molecule has 0 fully saturated rings. The Hall–Kier alpha value is -3.39. The van der Waals surface area contributed by atoms with Gasteiger partial charge in [0.15, 0.2) is 5.76 Å². The smallest absolute Gasteiger partial charge is 0.257 e. The monoisotopic (exact) mass is 409 g/mol. The molecule has 0 unspecified atom stereocenters. The molecule has 3 aromatic heterocycles. The Morgan fingerprint density at radius 3 is 2.69 bits per heavy atom. The van der Waals surface area contributed by atoms with Crippen molar-refractivity contribution in [1.29, 1.82) is 0 Å². The molecule has 1 amide bonds. The largest absolute Gasteiger partial charge is 0.497 e. The lowest BCUT2D eigenvalue weighted by Gasteiger charge is -2.03. The average Bonchev–Trinajstić information content (AvgIpc) is 3.46. The molecule has 0 aliphatic carbocycles. The molecule has 8 heteroatoms. The molecule has 0 spiro atoms. The summed E-state index contributed by atoms with van der Waals surface area (Å²) in [6.45, 7) is 3.81. The Morgan fingerprint density at radius 1 is 1.21 bits per heavy atom. The van der Waals surface area contributed by atoms with Crippen LogP contribution in [0.4, 0.5) is 0 Å². The van der Waals surface area contributed by atoms with Gasteiger partial charge in [0.2, 0.25) is 5.89 Å². The van der Waals surface area contributed by atoms with E-state index in [2.05, 4.69) is 15.5 Å². The van der Waals surface area contributed by atoms with E-state index in [1.165, 1.54) is 11.3 Å². The lowest BCUT2D eigenvalue weighted by atomic mass is 10.1. The van der Waals surface area contributed by atoms with Crippen LogP contribution in [-0.2, 0) is 6.54 Å². The Kier molecular flexibility index (Phi) is 5.18. The molecular weight excluding hydrogens is 390 g/mol. The quantitative estimate of drug-likeness (QED) is 0.500. The van der Waals surface area contributed by atoms with Crippen LogP contribution in [0, 0.1) is 13.8 Å². The number of hydrogen-bond acceptors (Lipinski definition) is 7. The summed E-state index contributed by atoms with van der Waals surface area (Å²) in [4.78, 5) is 18.2. The molecule has 4 aromatic rings. The molecule has 0 aliphatic heterocycles. The van der Waals surface area contributed by atoms with Crippen LogP contribution in [0.3, 0.4) is 0 Å². The third-order valence-corrected chi connectivity index (χ3v) is 5.35. The van der Waals surface area contributed by atoms with Crippen molar-refractivity contribution in [2.75, 3.05) is 7.11 Å². The van der Waals surface area contributed by atoms with Gasteiger partial charge in [-0.05, 0) is 49.6 Å². The van der Waals surface area contributed by atoms with Crippen LogP contribution >= 0.6 is 11.3 Å². The lowest BCUT2D eigenvalue weighted by molar-refractivity contribution is 0.0950. The molecule has 4 rings (SSSR count). The number of nitrogens with zero attached hydrogens (tertiary/aromatic N) is 2. The molecule has 1 N–H and O–H groups in total. The summed E-state index contributed by atoms with van der Waals surface area (Å²) in [5.41, 5.74) is 2.47. The fourth-order valence-electron chi connectivity index (χ4n) is 2.91. The summed E-state index contributed by atoms with van der Waals surface area (Å²) < 4.78 is 16.3. The summed E-state index contributed by atoms with van der Waals surface area (Å²) in [5.74, 6) is 2.12. The second-order valence-electron chi connectivity index (χ2n) is 6.38. The maximum absolute atomic E-state index is 12.8. The zero-order valence-corrected chi connectivity index (χ0v) is 17.0. The molecule has 0 radical (unpaired) electrons. The van der Waals surface area contributed by atoms with Crippen LogP contribution in [0.5, 0.6) is 5.75 Å². The number of carbonyl (C=O) groups excluding carboxylic acids is 1. The molecule has 29 heavy (non-hydrogen) atoms. The van der Waals surface area contributed by atoms with E-state index in [0.717, 1.165) is 16.2 Å². The van der Waals surface area contributed by atoms with Gasteiger partial charge in [-0.25, -0.2) is 4.98 Å².